The molecule has 3 N–H and O–H groups in total. The molecule has 0 fully saturated rings. The molecule has 0 saturated carbocycles. The molecule has 0 aliphatic carbocycles. The van der Waals surface area contributed by atoms with Crippen molar-refractivity contribution in [2.45, 2.75) is 19.0 Å². The second-order valence-electron chi connectivity index (χ2n) is 7.23. The van der Waals surface area contributed by atoms with Gasteiger partial charge in [0.2, 0.25) is 5.91 Å². The second-order valence-corrected chi connectivity index (χ2v) is 7.23. The monoisotopic (exact) mass is 423 g/mol. The fraction of sp³-hybridized carbons (Fsp3) is 0.261. The molecule has 2 aromatic carbocycles. The Hall–Kier alpha value is -3.65. The number of carbonyl (C=O) groups excluding carboxylic acids is 2. The molecule has 0 aliphatic heterocycles. The summed E-state index contributed by atoms with van der Waals surface area (Å²) in [7, 11) is 1.27. The topological polar surface area (TPSA) is 112 Å². The lowest BCUT2D eigenvalue weighted by molar-refractivity contribution is -0.145. The third-order valence-corrected chi connectivity index (χ3v) is 4.89. The van der Waals surface area contributed by atoms with Gasteiger partial charge in [0.05, 0.1) is 20.2 Å². The summed E-state index contributed by atoms with van der Waals surface area (Å²) < 4.78 is 4.87. The SMILES string of the molecule is COC(=O)[C@H](Cc1c[nH]c2ccccc12)NC(=O)CN(CC(=O)O)Cc1ccccc1. The maximum absolute atomic E-state index is 12.7. The summed E-state index contributed by atoms with van der Waals surface area (Å²) in [5.74, 6) is -2.05. The van der Waals surface area contributed by atoms with Gasteiger partial charge in [0.25, 0.3) is 0 Å². The van der Waals surface area contributed by atoms with E-state index in [2.05, 4.69) is 10.3 Å². The molecular weight excluding hydrogens is 398 g/mol. The van der Waals surface area contributed by atoms with Crippen molar-refractivity contribution in [3.63, 3.8) is 0 Å². The summed E-state index contributed by atoms with van der Waals surface area (Å²) in [5, 5.41) is 12.9. The number of esters is 1. The Morgan fingerprint density at radius 3 is 2.48 bits per heavy atom. The number of nitrogens with zero attached hydrogens (tertiary/aromatic N) is 1. The highest BCUT2D eigenvalue weighted by atomic mass is 16.5. The van der Waals surface area contributed by atoms with E-state index < -0.39 is 23.9 Å². The third-order valence-electron chi connectivity index (χ3n) is 4.89. The van der Waals surface area contributed by atoms with E-state index in [0.717, 1.165) is 22.0 Å². The molecule has 31 heavy (non-hydrogen) atoms. The molecule has 0 unspecified atom stereocenters. The van der Waals surface area contributed by atoms with Crippen molar-refractivity contribution in [1.29, 1.82) is 0 Å². The molecule has 1 heterocycles. The molecule has 0 bridgehead atoms. The van der Waals surface area contributed by atoms with Crippen molar-refractivity contribution in [3.05, 3.63) is 71.9 Å². The molecule has 1 atom stereocenters. The predicted molar refractivity (Wildman–Crippen MR) is 115 cm³/mol. The van der Waals surface area contributed by atoms with E-state index in [1.807, 2.05) is 54.6 Å². The van der Waals surface area contributed by atoms with Crippen molar-refractivity contribution in [2.75, 3.05) is 20.2 Å². The summed E-state index contributed by atoms with van der Waals surface area (Å²) in [5.41, 5.74) is 2.70. The standard InChI is InChI=1S/C23H25N3O5/c1-31-23(30)20(11-17-12-24-19-10-6-5-9-18(17)19)25-21(27)14-26(15-22(28)29)13-16-7-3-2-4-8-16/h2-10,12,20,24H,11,13-15H2,1H3,(H,25,27)(H,28,29)/t20-/m0/s1. The third kappa shape index (κ3) is 6.16. The Balaban J connectivity index is 1.69. The van der Waals surface area contributed by atoms with Crippen LogP contribution in [0.4, 0.5) is 0 Å². The number of nitrogens with one attached hydrogen (secondary N) is 2. The number of carboxylic acids is 1. The highest BCUT2D eigenvalue weighted by Gasteiger charge is 2.24. The van der Waals surface area contributed by atoms with Gasteiger partial charge in [-0.15, -0.1) is 0 Å². The number of hydrogen-bond donors (Lipinski definition) is 3. The number of benzene rings is 2. The first-order valence-electron chi connectivity index (χ1n) is 9.86. The molecule has 1 amide bonds. The first kappa shape index (κ1) is 22.0. The van der Waals surface area contributed by atoms with Crippen LogP contribution in [0.1, 0.15) is 11.1 Å². The number of ether oxygens (including phenoxy) is 1. The number of aliphatic carboxylic acids is 1. The molecule has 1 aromatic heterocycles. The fourth-order valence-electron chi connectivity index (χ4n) is 3.50. The van der Waals surface area contributed by atoms with Crippen molar-refractivity contribution >= 4 is 28.7 Å². The van der Waals surface area contributed by atoms with Gasteiger partial charge in [0.1, 0.15) is 6.04 Å². The van der Waals surface area contributed by atoms with Gasteiger partial charge in [0.15, 0.2) is 0 Å². The van der Waals surface area contributed by atoms with Crippen LogP contribution < -0.4 is 5.32 Å². The number of amides is 1. The lowest BCUT2D eigenvalue weighted by Crippen LogP contribution is -2.47. The molecular formula is C23H25N3O5. The van der Waals surface area contributed by atoms with E-state index in [4.69, 9.17) is 4.74 Å². The molecule has 0 spiro atoms. The Morgan fingerprint density at radius 1 is 1.06 bits per heavy atom. The fourth-order valence-corrected chi connectivity index (χ4v) is 3.50. The van der Waals surface area contributed by atoms with Crippen molar-refractivity contribution in [2.24, 2.45) is 0 Å². The zero-order valence-corrected chi connectivity index (χ0v) is 17.2. The number of methoxy groups -OCH3 is 1. The van der Waals surface area contributed by atoms with Gasteiger partial charge >= 0.3 is 11.9 Å². The van der Waals surface area contributed by atoms with Crippen LogP contribution in [0, 0.1) is 0 Å². The zero-order chi connectivity index (χ0) is 22.2. The van der Waals surface area contributed by atoms with Crippen molar-refractivity contribution < 1.29 is 24.2 Å². The van der Waals surface area contributed by atoms with Crippen LogP contribution in [0.15, 0.2) is 60.8 Å². The molecule has 8 heteroatoms. The minimum absolute atomic E-state index is 0.164. The van der Waals surface area contributed by atoms with Crippen LogP contribution in [-0.4, -0.2) is 59.1 Å². The van der Waals surface area contributed by atoms with Gasteiger partial charge < -0.3 is 20.1 Å². The Labute approximate surface area is 179 Å². The molecule has 0 saturated heterocycles. The summed E-state index contributed by atoms with van der Waals surface area (Å²) in [6.07, 6.45) is 2.05. The number of fused-ring (bicyclic) bond motifs is 1. The minimum Gasteiger partial charge on any atom is -0.480 e. The van der Waals surface area contributed by atoms with Crippen LogP contribution in [0.2, 0.25) is 0 Å². The Morgan fingerprint density at radius 2 is 1.77 bits per heavy atom. The molecule has 162 valence electrons. The Bertz CT molecular complexity index is 1050. The van der Waals surface area contributed by atoms with Gasteiger partial charge in [-0.3, -0.25) is 14.5 Å². The van der Waals surface area contributed by atoms with Gasteiger partial charge in [-0.05, 0) is 17.2 Å². The predicted octanol–water partition coefficient (Wildman–Crippen LogP) is 1.95. The summed E-state index contributed by atoms with van der Waals surface area (Å²) >= 11 is 0. The Kier molecular flexibility index (Phi) is 7.40. The highest BCUT2D eigenvalue weighted by Crippen LogP contribution is 2.19. The largest absolute Gasteiger partial charge is 0.480 e. The van der Waals surface area contributed by atoms with Crippen molar-refractivity contribution in [3.8, 4) is 0 Å². The molecule has 3 rings (SSSR count). The zero-order valence-electron chi connectivity index (χ0n) is 17.2. The van der Waals surface area contributed by atoms with Crippen LogP contribution >= 0.6 is 0 Å². The van der Waals surface area contributed by atoms with E-state index >= 15 is 0 Å². The van der Waals surface area contributed by atoms with E-state index in [9.17, 15) is 19.5 Å². The number of carboxylic acid groups (broad SMARTS) is 1. The first-order chi connectivity index (χ1) is 15.0. The lowest BCUT2D eigenvalue weighted by Gasteiger charge is -2.22. The van der Waals surface area contributed by atoms with Crippen LogP contribution in [0.3, 0.4) is 0 Å². The second kappa shape index (κ2) is 10.4. The number of H-pyrrole nitrogens is 1. The highest BCUT2D eigenvalue weighted by molar-refractivity contribution is 5.88. The molecule has 0 radical (unpaired) electrons. The van der Waals surface area contributed by atoms with E-state index in [1.54, 1.807) is 6.20 Å². The maximum Gasteiger partial charge on any atom is 0.328 e. The van der Waals surface area contributed by atoms with E-state index in [-0.39, 0.29) is 19.5 Å². The van der Waals surface area contributed by atoms with Gasteiger partial charge in [0, 0.05) is 30.1 Å². The number of aromatic amines is 1. The summed E-state index contributed by atoms with van der Waals surface area (Å²) in [4.78, 5) is 40.9. The quantitative estimate of drug-likeness (QED) is 0.430. The van der Waals surface area contributed by atoms with Crippen LogP contribution in [0.25, 0.3) is 10.9 Å². The maximum atomic E-state index is 12.7. The molecule has 3 aromatic rings. The van der Waals surface area contributed by atoms with E-state index in [0.29, 0.717) is 6.54 Å². The first-order valence-corrected chi connectivity index (χ1v) is 9.86. The van der Waals surface area contributed by atoms with E-state index in [1.165, 1.54) is 12.0 Å². The minimum atomic E-state index is -1.04. The average Bonchev–Trinajstić information content (AvgIpc) is 3.16. The number of carbonyl (C=O) groups is 3. The summed E-state index contributed by atoms with van der Waals surface area (Å²) in [6, 6.07) is 16.1. The number of para-hydroxylation sites is 1. The van der Waals surface area contributed by atoms with Crippen LogP contribution in [-0.2, 0) is 32.1 Å². The lowest BCUT2D eigenvalue weighted by atomic mass is 10.0. The van der Waals surface area contributed by atoms with Crippen LogP contribution in [0.5, 0.6) is 0 Å². The summed E-state index contributed by atoms with van der Waals surface area (Å²) in [6.45, 7) is -0.165. The molecule has 0 aliphatic rings. The number of aromatic nitrogens is 1. The number of hydrogen-bond acceptors (Lipinski definition) is 5. The smallest absolute Gasteiger partial charge is 0.328 e. The van der Waals surface area contributed by atoms with Gasteiger partial charge in [-0.1, -0.05) is 48.5 Å². The van der Waals surface area contributed by atoms with Gasteiger partial charge in [-0.25, -0.2) is 4.79 Å². The van der Waals surface area contributed by atoms with Gasteiger partial charge in [-0.2, -0.15) is 0 Å². The normalized spacial score (nSPS) is 11.9. The molecule has 8 nitrogen and oxygen atoms in total. The number of rotatable bonds is 10. The van der Waals surface area contributed by atoms with Crippen molar-refractivity contribution in [1.82, 2.24) is 15.2 Å². The average molecular weight is 423 g/mol.